The third-order valence-corrected chi connectivity index (χ3v) is 4.12. The summed E-state index contributed by atoms with van der Waals surface area (Å²) in [4.78, 5) is 0. The van der Waals surface area contributed by atoms with Crippen molar-refractivity contribution in [2.75, 3.05) is 5.73 Å². The van der Waals surface area contributed by atoms with E-state index in [1.807, 2.05) is 18.5 Å². The number of nitrogens with zero attached hydrogens (tertiary/aromatic N) is 2. The molecule has 0 spiro atoms. The molecule has 4 nitrogen and oxygen atoms in total. The maximum Gasteiger partial charge on any atom is 0.140 e. The van der Waals surface area contributed by atoms with Crippen LogP contribution >= 0.6 is 27.5 Å². The molecule has 0 fully saturated rings. The van der Waals surface area contributed by atoms with Crippen LogP contribution < -0.4 is 10.5 Å². The van der Waals surface area contributed by atoms with Gasteiger partial charge in [-0.3, -0.25) is 4.68 Å². The Bertz CT molecular complexity index is 598. The second-order valence-corrected chi connectivity index (χ2v) is 5.34. The lowest BCUT2D eigenvalue weighted by Crippen LogP contribution is -2.07. The molecule has 2 N–H and O–H groups in total. The van der Waals surface area contributed by atoms with E-state index in [-0.39, 0.29) is 0 Å². The molecule has 0 saturated heterocycles. The van der Waals surface area contributed by atoms with Crippen molar-refractivity contribution in [3.63, 3.8) is 0 Å². The highest BCUT2D eigenvalue weighted by atomic mass is 79.9. The van der Waals surface area contributed by atoms with Crippen molar-refractivity contribution in [2.45, 2.75) is 27.0 Å². The zero-order valence-electron chi connectivity index (χ0n) is 10.8. The highest BCUT2D eigenvalue weighted by Gasteiger charge is 2.13. The topological polar surface area (TPSA) is 53.1 Å². The van der Waals surface area contributed by atoms with Gasteiger partial charge in [-0.05, 0) is 41.9 Å². The number of hydrogen-bond donors (Lipinski definition) is 1. The van der Waals surface area contributed by atoms with Gasteiger partial charge < -0.3 is 10.5 Å². The molecule has 0 aliphatic heterocycles. The van der Waals surface area contributed by atoms with Crippen LogP contribution in [0.2, 0.25) is 5.02 Å². The normalized spacial score (nSPS) is 10.7. The Morgan fingerprint density at radius 2 is 2.21 bits per heavy atom. The molecule has 2 rings (SSSR count). The fourth-order valence-corrected chi connectivity index (χ4v) is 2.35. The molecule has 102 valence electrons. The van der Waals surface area contributed by atoms with E-state index in [2.05, 4.69) is 21.0 Å². The predicted molar refractivity (Wildman–Crippen MR) is 80.5 cm³/mol. The van der Waals surface area contributed by atoms with E-state index in [9.17, 15) is 0 Å². The number of hydrogen-bond acceptors (Lipinski definition) is 3. The average Bonchev–Trinajstić information content (AvgIpc) is 2.66. The first kappa shape index (κ1) is 14.2. The quantitative estimate of drug-likeness (QED) is 0.859. The minimum atomic E-state index is 0.387. The van der Waals surface area contributed by atoms with Gasteiger partial charge in [0.15, 0.2) is 0 Å². The van der Waals surface area contributed by atoms with Crippen LogP contribution in [0.4, 0.5) is 5.69 Å². The molecule has 0 saturated carbocycles. The number of aryl methyl sites for hydroxylation is 2. The van der Waals surface area contributed by atoms with E-state index in [0.29, 0.717) is 23.1 Å². The second kappa shape index (κ2) is 5.84. The van der Waals surface area contributed by atoms with Crippen molar-refractivity contribution in [3.05, 3.63) is 39.1 Å². The lowest BCUT2D eigenvalue weighted by atomic mass is 10.3. The lowest BCUT2D eigenvalue weighted by Gasteiger charge is -2.10. The number of aromatic nitrogens is 2. The maximum atomic E-state index is 6.07. The Kier molecular flexibility index (Phi) is 4.37. The minimum Gasteiger partial charge on any atom is -0.486 e. The summed E-state index contributed by atoms with van der Waals surface area (Å²) in [5, 5.41) is 4.96. The van der Waals surface area contributed by atoms with E-state index in [0.717, 1.165) is 22.4 Å². The predicted octanol–water partition coefficient (Wildman–Crippen LogP) is 3.79. The fraction of sp³-hybridized carbons (Fsp3) is 0.308. The summed E-state index contributed by atoms with van der Waals surface area (Å²) < 4.78 is 8.61. The number of nitrogen functional groups attached to an aromatic ring is 1. The Hall–Kier alpha value is -1.20. The molecule has 0 atom stereocenters. The van der Waals surface area contributed by atoms with Gasteiger partial charge in [-0.1, -0.05) is 11.6 Å². The van der Waals surface area contributed by atoms with Gasteiger partial charge in [-0.2, -0.15) is 5.10 Å². The first-order chi connectivity index (χ1) is 9.02. The molecular formula is C13H15BrClN3O. The van der Waals surface area contributed by atoms with Gasteiger partial charge in [-0.15, -0.1) is 0 Å². The molecule has 0 radical (unpaired) electrons. The molecule has 0 unspecified atom stereocenters. The maximum absolute atomic E-state index is 6.07. The summed E-state index contributed by atoms with van der Waals surface area (Å²) in [5.41, 5.74) is 8.27. The van der Waals surface area contributed by atoms with Crippen LogP contribution in [0.1, 0.15) is 18.3 Å². The van der Waals surface area contributed by atoms with Crippen LogP contribution in [0.3, 0.4) is 0 Å². The number of benzene rings is 1. The van der Waals surface area contributed by atoms with E-state index in [1.54, 1.807) is 18.2 Å². The summed E-state index contributed by atoms with van der Waals surface area (Å²) in [6, 6.07) is 5.19. The highest BCUT2D eigenvalue weighted by Crippen LogP contribution is 2.29. The van der Waals surface area contributed by atoms with Gasteiger partial charge in [0.25, 0.3) is 0 Å². The Labute approximate surface area is 125 Å². The number of ether oxygens (including phenoxy) is 1. The fourth-order valence-electron chi connectivity index (χ4n) is 1.78. The number of halogens is 2. The summed E-state index contributed by atoms with van der Waals surface area (Å²) in [6.07, 6.45) is 0. The Morgan fingerprint density at radius 1 is 1.47 bits per heavy atom. The van der Waals surface area contributed by atoms with Crippen LogP contribution in [0.5, 0.6) is 5.75 Å². The molecule has 19 heavy (non-hydrogen) atoms. The lowest BCUT2D eigenvalue weighted by molar-refractivity contribution is 0.292. The third-order valence-electron chi connectivity index (χ3n) is 2.77. The van der Waals surface area contributed by atoms with Crippen molar-refractivity contribution < 1.29 is 4.74 Å². The number of rotatable bonds is 4. The molecule has 1 heterocycles. The number of nitrogens with two attached hydrogens (primary N) is 1. The van der Waals surface area contributed by atoms with Crippen LogP contribution in [-0.2, 0) is 13.2 Å². The molecule has 0 bridgehead atoms. The number of anilines is 1. The largest absolute Gasteiger partial charge is 0.486 e. The van der Waals surface area contributed by atoms with Gasteiger partial charge in [0.2, 0.25) is 0 Å². The molecule has 6 heteroatoms. The average molecular weight is 345 g/mol. The van der Waals surface area contributed by atoms with Crippen LogP contribution in [0.15, 0.2) is 22.7 Å². The minimum absolute atomic E-state index is 0.387. The zero-order valence-corrected chi connectivity index (χ0v) is 13.1. The molecule has 1 aromatic carbocycles. The first-order valence-corrected chi connectivity index (χ1v) is 7.09. The molecule has 1 aromatic heterocycles. The van der Waals surface area contributed by atoms with Crippen LogP contribution in [0, 0.1) is 6.92 Å². The van der Waals surface area contributed by atoms with Crippen molar-refractivity contribution >= 4 is 33.2 Å². The van der Waals surface area contributed by atoms with Crippen molar-refractivity contribution in [3.8, 4) is 5.75 Å². The van der Waals surface area contributed by atoms with E-state index in [1.165, 1.54) is 0 Å². The summed E-state index contributed by atoms with van der Waals surface area (Å²) in [7, 11) is 0. The van der Waals surface area contributed by atoms with Gasteiger partial charge >= 0.3 is 0 Å². The van der Waals surface area contributed by atoms with Gasteiger partial charge in [0.05, 0.1) is 20.9 Å². The van der Waals surface area contributed by atoms with Gasteiger partial charge in [0.1, 0.15) is 12.4 Å². The van der Waals surface area contributed by atoms with E-state index in [4.69, 9.17) is 22.1 Å². The molecule has 0 amide bonds. The highest BCUT2D eigenvalue weighted by molar-refractivity contribution is 9.10. The summed E-state index contributed by atoms with van der Waals surface area (Å²) in [6.45, 7) is 5.16. The molecular weight excluding hydrogens is 330 g/mol. The monoisotopic (exact) mass is 343 g/mol. The van der Waals surface area contributed by atoms with E-state index < -0.39 is 0 Å². The van der Waals surface area contributed by atoms with Gasteiger partial charge in [0, 0.05) is 18.3 Å². The Morgan fingerprint density at radius 3 is 2.89 bits per heavy atom. The van der Waals surface area contributed by atoms with Crippen molar-refractivity contribution in [2.24, 2.45) is 0 Å². The SMILES string of the molecule is CCn1nc(C)c(Br)c1COc1cc(N)ccc1Cl. The third kappa shape index (κ3) is 3.04. The Balaban J connectivity index is 2.21. The van der Waals surface area contributed by atoms with E-state index >= 15 is 0 Å². The van der Waals surface area contributed by atoms with Crippen LogP contribution in [0.25, 0.3) is 0 Å². The standard InChI is InChI=1S/C13H15BrClN3O/c1-3-18-11(13(14)8(2)17-18)7-19-12-6-9(16)4-5-10(12)15/h4-6H,3,7,16H2,1-2H3. The molecule has 0 aliphatic carbocycles. The smallest absolute Gasteiger partial charge is 0.140 e. The summed E-state index contributed by atoms with van der Waals surface area (Å²) >= 11 is 9.59. The first-order valence-electron chi connectivity index (χ1n) is 5.92. The van der Waals surface area contributed by atoms with Crippen molar-refractivity contribution in [1.29, 1.82) is 0 Å². The second-order valence-electron chi connectivity index (χ2n) is 4.14. The van der Waals surface area contributed by atoms with Gasteiger partial charge in [-0.25, -0.2) is 0 Å². The molecule has 0 aliphatic rings. The van der Waals surface area contributed by atoms with Crippen LogP contribution in [-0.4, -0.2) is 9.78 Å². The molecule has 2 aromatic rings. The van der Waals surface area contributed by atoms with Crippen molar-refractivity contribution in [1.82, 2.24) is 9.78 Å². The zero-order chi connectivity index (χ0) is 14.0. The summed E-state index contributed by atoms with van der Waals surface area (Å²) in [5.74, 6) is 0.579.